The minimum atomic E-state index is 0.142. The summed E-state index contributed by atoms with van der Waals surface area (Å²) in [4.78, 5) is 0. The molecule has 0 aromatic carbocycles. The topological polar surface area (TPSA) is 21.3 Å². The lowest BCUT2D eigenvalue weighted by Gasteiger charge is -2.35. The van der Waals surface area contributed by atoms with E-state index in [2.05, 4.69) is 19.2 Å². The van der Waals surface area contributed by atoms with E-state index in [0.717, 1.165) is 19.1 Å². The van der Waals surface area contributed by atoms with E-state index < -0.39 is 0 Å². The average molecular weight is 267 g/mol. The van der Waals surface area contributed by atoms with Gasteiger partial charge in [-0.05, 0) is 31.6 Å². The SMILES string of the molecule is CC(C)NCC1(OCC2CCCC2)CCCCCC1. The summed E-state index contributed by atoms with van der Waals surface area (Å²) < 4.78 is 6.52. The van der Waals surface area contributed by atoms with Crippen LogP contribution in [0.15, 0.2) is 0 Å². The van der Waals surface area contributed by atoms with Crippen LogP contribution in [-0.2, 0) is 4.74 Å². The van der Waals surface area contributed by atoms with E-state index in [-0.39, 0.29) is 5.60 Å². The standard InChI is InChI=1S/C17H33NO/c1-15(2)18-14-17(11-7-3-4-8-12-17)19-13-16-9-5-6-10-16/h15-16,18H,3-14H2,1-2H3. The van der Waals surface area contributed by atoms with Crippen LogP contribution >= 0.6 is 0 Å². The van der Waals surface area contributed by atoms with Gasteiger partial charge in [-0.2, -0.15) is 0 Å². The van der Waals surface area contributed by atoms with Gasteiger partial charge in [-0.15, -0.1) is 0 Å². The molecule has 0 heterocycles. The Hall–Kier alpha value is -0.0800. The molecule has 2 aliphatic rings. The Kier molecular flexibility index (Phi) is 6.15. The van der Waals surface area contributed by atoms with E-state index in [1.54, 1.807) is 0 Å². The summed E-state index contributed by atoms with van der Waals surface area (Å²) in [5.41, 5.74) is 0.142. The Balaban J connectivity index is 1.87. The van der Waals surface area contributed by atoms with Crippen molar-refractivity contribution in [2.45, 2.75) is 89.7 Å². The van der Waals surface area contributed by atoms with Crippen molar-refractivity contribution in [1.29, 1.82) is 0 Å². The quantitative estimate of drug-likeness (QED) is 0.725. The minimum absolute atomic E-state index is 0.142. The van der Waals surface area contributed by atoms with Gasteiger partial charge in [0.25, 0.3) is 0 Å². The predicted molar refractivity (Wildman–Crippen MR) is 81.5 cm³/mol. The van der Waals surface area contributed by atoms with Crippen molar-refractivity contribution in [3.05, 3.63) is 0 Å². The fraction of sp³-hybridized carbons (Fsp3) is 1.00. The molecule has 0 spiro atoms. The largest absolute Gasteiger partial charge is 0.373 e. The van der Waals surface area contributed by atoms with E-state index in [1.807, 2.05) is 0 Å². The number of hydrogen-bond acceptors (Lipinski definition) is 2. The molecule has 0 saturated heterocycles. The van der Waals surface area contributed by atoms with Gasteiger partial charge in [0.1, 0.15) is 0 Å². The minimum Gasteiger partial charge on any atom is -0.373 e. The summed E-state index contributed by atoms with van der Waals surface area (Å²) in [5, 5.41) is 3.63. The monoisotopic (exact) mass is 267 g/mol. The molecule has 112 valence electrons. The van der Waals surface area contributed by atoms with Gasteiger partial charge in [-0.25, -0.2) is 0 Å². The Labute approximate surface area is 119 Å². The second-order valence-electron chi connectivity index (χ2n) is 7.09. The number of hydrogen-bond donors (Lipinski definition) is 1. The van der Waals surface area contributed by atoms with Crippen molar-refractivity contribution in [2.24, 2.45) is 5.92 Å². The van der Waals surface area contributed by atoms with E-state index in [0.29, 0.717) is 6.04 Å². The van der Waals surface area contributed by atoms with Crippen LogP contribution in [0.4, 0.5) is 0 Å². The molecular weight excluding hydrogens is 234 g/mol. The third-order valence-corrected chi connectivity index (χ3v) is 4.95. The Morgan fingerprint density at radius 2 is 1.63 bits per heavy atom. The first-order valence-corrected chi connectivity index (χ1v) is 8.58. The smallest absolute Gasteiger partial charge is 0.0806 e. The third kappa shape index (κ3) is 5.07. The molecule has 2 heteroatoms. The third-order valence-electron chi connectivity index (χ3n) is 4.95. The molecule has 0 radical (unpaired) electrons. The zero-order valence-corrected chi connectivity index (χ0v) is 13.0. The van der Waals surface area contributed by atoms with E-state index >= 15 is 0 Å². The van der Waals surface area contributed by atoms with Crippen LogP contribution in [0, 0.1) is 5.92 Å². The van der Waals surface area contributed by atoms with Crippen LogP contribution in [0.1, 0.15) is 78.1 Å². The molecule has 2 aliphatic carbocycles. The molecule has 0 aliphatic heterocycles. The van der Waals surface area contributed by atoms with Crippen LogP contribution in [0.2, 0.25) is 0 Å². The van der Waals surface area contributed by atoms with Crippen molar-refractivity contribution >= 4 is 0 Å². The second-order valence-corrected chi connectivity index (χ2v) is 7.09. The zero-order valence-electron chi connectivity index (χ0n) is 13.0. The predicted octanol–water partition coefficient (Wildman–Crippen LogP) is 4.28. The summed E-state index contributed by atoms with van der Waals surface area (Å²) in [7, 11) is 0. The van der Waals surface area contributed by atoms with Crippen molar-refractivity contribution < 1.29 is 4.74 Å². The van der Waals surface area contributed by atoms with E-state index in [4.69, 9.17) is 4.74 Å². The number of ether oxygens (including phenoxy) is 1. The molecule has 2 fully saturated rings. The first-order valence-electron chi connectivity index (χ1n) is 8.58. The Morgan fingerprint density at radius 3 is 2.21 bits per heavy atom. The van der Waals surface area contributed by atoms with Gasteiger partial charge >= 0.3 is 0 Å². The molecule has 0 atom stereocenters. The molecule has 0 unspecified atom stereocenters. The molecule has 2 saturated carbocycles. The average Bonchev–Trinajstić information content (AvgIpc) is 2.80. The van der Waals surface area contributed by atoms with E-state index in [1.165, 1.54) is 64.2 Å². The number of rotatable bonds is 6. The summed E-state index contributed by atoms with van der Waals surface area (Å²) in [6, 6.07) is 0.565. The molecule has 2 rings (SSSR count). The summed E-state index contributed by atoms with van der Waals surface area (Å²) in [6.07, 6.45) is 13.7. The summed E-state index contributed by atoms with van der Waals surface area (Å²) >= 11 is 0. The maximum absolute atomic E-state index is 6.52. The summed E-state index contributed by atoms with van der Waals surface area (Å²) in [5.74, 6) is 0.846. The Morgan fingerprint density at radius 1 is 1.00 bits per heavy atom. The molecular formula is C17H33NO. The fourth-order valence-corrected chi connectivity index (χ4v) is 3.61. The van der Waals surface area contributed by atoms with Crippen LogP contribution in [0.25, 0.3) is 0 Å². The van der Waals surface area contributed by atoms with Gasteiger partial charge < -0.3 is 10.1 Å². The van der Waals surface area contributed by atoms with Gasteiger partial charge in [0.2, 0.25) is 0 Å². The highest BCUT2D eigenvalue weighted by Crippen LogP contribution is 2.33. The van der Waals surface area contributed by atoms with Crippen molar-refractivity contribution in [3.63, 3.8) is 0 Å². The molecule has 0 aromatic heterocycles. The van der Waals surface area contributed by atoms with Crippen LogP contribution in [0.5, 0.6) is 0 Å². The molecule has 0 aromatic rings. The van der Waals surface area contributed by atoms with Crippen LogP contribution in [-0.4, -0.2) is 24.8 Å². The maximum atomic E-state index is 6.52. The van der Waals surface area contributed by atoms with Crippen molar-refractivity contribution in [3.8, 4) is 0 Å². The van der Waals surface area contributed by atoms with Gasteiger partial charge in [0.05, 0.1) is 12.2 Å². The van der Waals surface area contributed by atoms with Gasteiger partial charge in [-0.1, -0.05) is 52.4 Å². The van der Waals surface area contributed by atoms with Gasteiger partial charge in [0.15, 0.2) is 0 Å². The van der Waals surface area contributed by atoms with Crippen LogP contribution in [0.3, 0.4) is 0 Å². The molecule has 2 nitrogen and oxygen atoms in total. The van der Waals surface area contributed by atoms with E-state index in [9.17, 15) is 0 Å². The molecule has 19 heavy (non-hydrogen) atoms. The summed E-state index contributed by atoms with van der Waals surface area (Å²) in [6.45, 7) is 6.54. The number of nitrogens with one attached hydrogen (secondary N) is 1. The lowest BCUT2D eigenvalue weighted by molar-refractivity contribution is -0.0695. The lowest BCUT2D eigenvalue weighted by atomic mass is 9.93. The van der Waals surface area contributed by atoms with Crippen molar-refractivity contribution in [1.82, 2.24) is 5.32 Å². The second kappa shape index (κ2) is 7.64. The highest BCUT2D eigenvalue weighted by molar-refractivity contribution is 4.87. The molecule has 1 N–H and O–H groups in total. The molecule has 0 amide bonds. The lowest BCUT2D eigenvalue weighted by Crippen LogP contribution is -2.45. The van der Waals surface area contributed by atoms with Gasteiger partial charge in [-0.3, -0.25) is 0 Å². The van der Waals surface area contributed by atoms with Crippen LogP contribution < -0.4 is 5.32 Å². The highest BCUT2D eigenvalue weighted by atomic mass is 16.5. The zero-order chi connectivity index (χ0) is 13.6. The normalized spacial score (nSPS) is 24.8. The fourth-order valence-electron chi connectivity index (χ4n) is 3.61. The van der Waals surface area contributed by atoms with Gasteiger partial charge in [0, 0.05) is 12.6 Å². The Bertz CT molecular complexity index is 238. The highest BCUT2D eigenvalue weighted by Gasteiger charge is 2.33. The molecule has 0 bridgehead atoms. The van der Waals surface area contributed by atoms with Crippen molar-refractivity contribution in [2.75, 3.05) is 13.2 Å². The maximum Gasteiger partial charge on any atom is 0.0806 e. The first kappa shape index (κ1) is 15.3. The first-order chi connectivity index (χ1) is 9.20.